The number of esters is 1. The van der Waals surface area contributed by atoms with Crippen molar-refractivity contribution in [1.82, 2.24) is 14.5 Å². The molecule has 1 aliphatic heterocycles. The van der Waals surface area contributed by atoms with E-state index < -0.39 is 5.97 Å². The summed E-state index contributed by atoms with van der Waals surface area (Å²) in [7, 11) is 1.29. The third kappa shape index (κ3) is 2.82. The minimum atomic E-state index is -0.488. The number of aryl methyl sites for hydroxylation is 1. The van der Waals surface area contributed by atoms with Gasteiger partial charge in [-0.15, -0.1) is 11.3 Å². The Morgan fingerprint density at radius 1 is 1.38 bits per heavy atom. The minimum absolute atomic E-state index is 0.155. The zero-order chi connectivity index (χ0) is 18.3. The smallest absolute Gasteiger partial charge is 0.325 e. The van der Waals surface area contributed by atoms with Gasteiger partial charge < -0.3 is 14.4 Å². The Labute approximate surface area is 153 Å². The molecule has 3 aromatic heterocycles. The van der Waals surface area contributed by atoms with E-state index in [1.165, 1.54) is 29.3 Å². The van der Waals surface area contributed by atoms with Gasteiger partial charge in [0, 0.05) is 18.5 Å². The number of aromatic nitrogens is 3. The van der Waals surface area contributed by atoms with Gasteiger partial charge in [0.05, 0.1) is 32.2 Å². The van der Waals surface area contributed by atoms with Gasteiger partial charge in [0.2, 0.25) is 0 Å². The van der Waals surface area contributed by atoms with E-state index >= 15 is 0 Å². The van der Waals surface area contributed by atoms with E-state index in [1.54, 1.807) is 0 Å². The third-order valence-corrected chi connectivity index (χ3v) is 5.52. The molecule has 3 aromatic rings. The fourth-order valence-corrected chi connectivity index (χ4v) is 4.24. The number of fused-ring (bicyclic) bond motifs is 3. The first-order valence-electron chi connectivity index (χ1n) is 8.27. The molecule has 0 amide bonds. The van der Waals surface area contributed by atoms with E-state index in [4.69, 9.17) is 9.72 Å². The number of methoxy groups -OCH3 is 1. The Morgan fingerprint density at radius 2 is 2.15 bits per heavy atom. The Hall–Kier alpha value is -2.52. The average molecular weight is 374 g/mol. The second-order valence-electron chi connectivity index (χ2n) is 6.11. The van der Waals surface area contributed by atoms with Crippen LogP contribution in [0, 0.1) is 6.92 Å². The summed E-state index contributed by atoms with van der Waals surface area (Å²) in [6, 6.07) is 2.03. The molecule has 0 aliphatic carbocycles. The molecule has 9 heteroatoms. The zero-order valence-corrected chi connectivity index (χ0v) is 15.3. The van der Waals surface area contributed by atoms with Crippen LogP contribution < -0.4 is 10.5 Å². The number of carbonyl (C=O) groups is 1. The molecule has 136 valence electrons. The van der Waals surface area contributed by atoms with Crippen LogP contribution in [0.25, 0.3) is 20.4 Å². The molecule has 1 fully saturated rings. The first-order chi connectivity index (χ1) is 12.6. The van der Waals surface area contributed by atoms with Crippen LogP contribution in [-0.4, -0.2) is 53.9 Å². The van der Waals surface area contributed by atoms with Crippen LogP contribution in [0.5, 0.6) is 0 Å². The normalized spacial score (nSPS) is 14.9. The first kappa shape index (κ1) is 16.9. The number of carbonyl (C=O) groups excluding carboxylic acids is 1. The molecule has 8 nitrogen and oxygen atoms in total. The highest BCUT2D eigenvalue weighted by Gasteiger charge is 2.19. The van der Waals surface area contributed by atoms with E-state index in [2.05, 4.69) is 14.6 Å². The fourth-order valence-electron chi connectivity index (χ4n) is 3.10. The van der Waals surface area contributed by atoms with Crippen LogP contribution in [0.2, 0.25) is 0 Å². The number of hydrogen-bond acceptors (Lipinski definition) is 8. The Balaban J connectivity index is 1.85. The summed E-state index contributed by atoms with van der Waals surface area (Å²) in [4.78, 5) is 36.3. The molecule has 0 aromatic carbocycles. The minimum Gasteiger partial charge on any atom is -0.468 e. The maximum Gasteiger partial charge on any atom is 0.325 e. The van der Waals surface area contributed by atoms with Gasteiger partial charge in [-0.05, 0) is 18.6 Å². The van der Waals surface area contributed by atoms with E-state index in [1.807, 2.05) is 13.0 Å². The molecule has 1 aliphatic rings. The molecule has 0 spiro atoms. The molecular weight excluding hydrogens is 356 g/mol. The lowest BCUT2D eigenvalue weighted by Crippen LogP contribution is -2.36. The summed E-state index contributed by atoms with van der Waals surface area (Å²) in [5.41, 5.74) is 1.41. The van der Waals surface area contributed by atoms with Crippen molar-refractivity contribution in [2.45, 2.75) is 13.5 Å². The maximum atomic E-state index is 12.7. The standard InChI is InChI=1S/C17H18N4O4S/c1-10-7-11(20-3-5-25-6-4-20)19-16-13(10)14-15(26-16)17(23)21(9-18-14)8-12(22)24-2/h7,9H,3-6,8H2,1-2H3. The number of rotatable bonds is 3. The first-order valence-corrected chi connectivity index (χ1v) is 9.09. The molecule has 4 rings (SSSR count). The summed E-state index contributed by atoms with van der Waals surface area (Å²) >= 11 is 1.31. The molecule has 0 atom stereocenters. The van der Waals surface area contributed by atoms with Crippen LogP contribution in [-0.2, 0) is 20.8 Å². The zero-order valence-electron chi connectivity index (χ0n) is 14.5. The quantitative estimate of drug-likeness (QED) is 0.639. The molecule has 1 saturated heterocycles. The van der Waals surface area contributed by atoms with Crippen molar-refractivity contribution in [2.24, 2.45) is 0 Å². The molecule has 0 bridgehead atoms. The van der Waals surface area contributed by atoms with Crippen LogP contribution in [0.3, 0.4) is 0 Å². The molecular formula is C17H18N4O4S. The van der Waals surface area contributed by atoms with Gasteiger partial charge in [0.15, 0.2) is 0 Å². The van der Waals surface area contributed by atoms with Crippen LogP contribution in [0.15, 0.2) is 17.2 Å². The van der Waals surface area contributed by atoms with Crippen LogP contribution in [0.4, 0.5) is 5.82 Å². The van der Waals surface area contributed by atoms with Crippen LogP contribution >= 0.6 is 11.3 Å². The second kappa shape index (κ2) is 6.65. The number of hydrogen-bond donors (Lipinski definition) is 0. The summed E-state index contributed by atoms with van der Waals surface area (Å²) in [5.74, 6) is 0.401. The van der Waals surface area contributed by atoms with Gasteiger partial charge in [-0.3, -0.25) is 14.2 Å². The number of thiophene rings is 1. The molecule has 0 N–H and O–H groups in total. The summed E-state index contributed by atoms with van der Waals surface area (Å²) in [6.45, 7) is 4.82. The molecule has 0 unspecified atom stereocenters. The van der Waals surface area contributed by atoms with Gasteiger partial charge in [-0.2, -0.15) is 0 Å². The number of morpholine rings is 1. The number of pyridine rings is 1. The predicted molar refractivity (Wildman–Crippen MR) is 99.0 cm³/mol. The average Bonchev–Trinajstić information content (AvgIpc) is 3.04. The Kier molecular flexibility index (Phi) is 4.33. The lowest BCUT2D eigenvalue weighted by Gasteiger charge is -2.28. The SMILES string of the molecule is COC(=O)Cn1cnc2c(sc3nc(N4CCOCC4)cc(C)c32)c1=O. The highest BCUT2D eigenvalue weighted by atomic mass is 32.1. The van der Waals surface area contributed by atoms with Crippen molar-refractivity contribution in [2.75, 3.05) is 38.3 Å². The topological polar surface area (TPSA) is 86.6 Å². The third-order valence-electron chi connectivity index (χ3n) is 4.46. The Morgan fingerprint density at radius 3 is 2.88 bits per heavy atom. The van der Waals surface area contributed by atoms with Crippen molar-refractivity contribution in [1.29, 1.82) is 0 Å². The van der Waals surface area contributed by atoms with Gasteiger partial charge in [0.1, 0.15) is 21.9 Å². The van der Waals surface area contributed by atoms with Crippen molar-refractivity contribution in [3.05, 3.63) is 28.3 Å². The van der Waals surface area contributed by atoms with E-state index in [0.29, 0.717) is 23.4 Å². The van der Waals surface area contributed by atoms with Crippen molar-refractivity contribution < 1.29 is 14.3 Å². The molecule has 4 heterocycles. The highest BCUT2D eigenvalue weighted by Crippen LogP contribution is 2.33. The van der Waals surface area contributed by atoms with E-state index in [9.17, 15) is 9.59 Å². The summed E-state index contributed by atoms with van der Waals surface area (Å²) in [5, 5.41) is 0.893. The second-order valence-corrected chi connectivity index (χ2v) is 7.11. The lowest BCUT2D eigenvalue weighted by molar-refractivity contribution is -0.141. The van der Waals surface area contributed by atoms with Crippen molar-refractivity contribution >= 4 is 43.6 Å². The number of ether oxygens (including phenoxy) is 2. The molecule has 0 radical (unpaired) electrons. The van der Waals surface area contributed by atoms with Gasteiger partial charge >= 0.3 is 5.97 Å². The highest BCUT2D eigenvalue weighted by molar-refractivity contribution is 7.25. The van der Waals surface area contributed by atoms with Gasteiger partial charge in [0.25, 0.3) is 5.56 Å². The number of anilines is 1. The molecule has 26 heavy (non-hydrogen) atoms. The van der Waals surface area contributed by atoms with E-state index in [0.717, 1.165) is 34.7 Å². The van der Waals surface area contributed by atoms with Crippen LogP contribution in [0.1, 0.15) is 5.56 Å². The number of nitrogens with zero attached hydrogens (tertiary/aromatic N) is 4. The van der Waals surface area contributed by atoms with E-state index in [-0.39, 0.29) is 12.1 Å². The van der Waals surface area contributed by atoms with Gasteiger partial charge in [-0.1, -0.05) is 0 Å². The predicted octanol–water partition coefficient (Wildman–Crippen LogP) is 1.32. The lowest BCUT2D eigenvalue weighted by atomic mass is 10.2. The van der Waals surface area contributed by atoms with Gasteiger partial charge in [-0.25, -0.2) is 9.97 Å². The monoisotopic (exact) mass is 374 g/mol. The summed E-state index contributed by atoms with van der Waals surface area (Å²) < 4.78 is 11.8. The van der Waals surface area contributed by atoms with Crippen molar-refractivity contribution in [3.63, 3.8) is 0 Å². The Bertz CT molecular complexity index is 1050. The summed E-state index contributed by atoms with van der Waals surface area (Å²) in [6.07, 6.45) is 1.39. The van der Waals surface area contributed by atoms with Crippen molar-refractivity contribution in [3.8, 4) is 0 Å². The molecule has 0 saturated carbocycles. The maximum absolute atomic E-state index is 12.7. The fraction of sp³-hybridized carbons (Fsp3) is 0.412. The largest absolute Gasteiger partial charge is 0.468 e.